The van der Waals surface area contributed by atoms with E-state index in [1.165, 1.54) is 51.4 Å². The van der Waals surface area contributed by atoms with Crippen molar-refractivity contribution in [1.29, 1.82) is 0 Å². The number of likely N-dealkylation sites (tertiary alicyclic amines) is 1. The fourth-order valence-corrected chi connectivity index (χ4v) is 8.93. The van der Waals surface area contributed by atoms with Gasteiger partial charge < -0.3 is 25.0 Å². The molecule has 0 spiro atoms. The van der Waals surface area contributed by atoms with E-state index in [2.05, 4.69) is 10.6 Å². The highest BCUT2D eigenvalue weighted by atomic mass is 16.5. The Hall–Kier alpha value is -2.77. The van der Waals surface area contributed by atoms with Crippen LogP contribution in [0.2, 0.25) is 0 Å². The molecule has 0 radical (unpaired) electrons. The van der Waals surface area contributed by atoms with Crippen LogP contribution in [0.4, 0.5) is 10.5 Å². The lowest BCUT2D eigenvalue weighted by molar-refractivity contribution is -0.174. The molecule has 1 aromatic carbocycles. The second-order valence-electron chi connectivity index (χ2n) is 13.1. The molecule has 4 bridgehead atoms. The number of anilines is 1. The van der Waals surface area contributed by atoms with Crippen LogP contribution in [0.5, 0.6) is 5.75 Å². The summed E-state index contributed by atoms with van der Waals surface area (Å²) in [5.41, 5.74) is 0.592. The maximum absolute atomic E-state index is 14.0. The van der Waals surface area contributed by atoms with Crippen molar-refractivity contribution >= 4 is 23.6 Å². The predicted octanol–water partition coefficient (Wildman–Crippen LogP) is 5.51. The van der Waals surface area contributed by atoms with Crippen molar-refractivity contribution in [2.45, 2.75) is 102 Å². The summed E-state index contributed by atoms with van der Waals surface area (Å²) >= 11 is 0. The minimum Gasteiger partial charge on any atom is -0.497 e. The first-order valence-corrected chi connectivity index (χ1v) is 15.7. The van der Waals surface area contributed by atoms with Gasteiger partial charge >= 0.3 is 12.0 Å². The molecule has 1 heterocycles. The van der Waals surface area contributed by atoms with Gasteiger partial charge in [0.2, 0.25) is 5.91 Å². The fraction of sp³-hybridized carbons (Fsp3) is 0.719. The Kier molecular flexibility index (Phi) is 8.22. The first-order valence-electron chi connectivity index (χ1n) is 15.7. The molecule has 40 heavy (non-hydrogen) atoms. The van der Waals surface area contributed by atoms with Crippen molar-refractivity contribution in [3.63, 3.8) is 0 Å². The Morgan fingerprint density at radius 2 is 1.62 bits per heavy atom. The van der Waals surface area contributed by atoms with Crippen LogP contribution in [0.25, 0.3) is 0 Å². The topological polar surface area (TPSA) is 97.0 Å². The van der Waals surface area contributed by atoms with E-state index >= 15 is 0 Å². The number of ether oxygens (including phenoxy) is 2. The van der Waals surface area contributed by atoms with Crippen LogP contribution in [-0.4, -0.2) is 54.6 Å². The molecule has 2 N–H and O–H groups in total. The highest BCUT2D eigenvalue weighted by molar-refractivity contribution is 5.94. The summed E-state index contributed by atoms with van der Waals surface area (Å²) < 4.78 is 11.5. The highest BCUT2D eigenvalue weighted by Gasteiger charge is 2.50. The van der Waals surface area contributed by atoms with Crippen LogP contribution in [-0.2, 0) is 14.3 Å². The van der Waals surface area contributed by atoms with E-state index in [1.807, 2.05) is 6.07 Å². The zero-order chi connectivity index (χ0) is 27.6. The summed E-state index contributed by atoms with van der Waals surface area (Å²) in [7, 11) is 1.58. The second-order valence-corrected chi connectivity index (χ2v) is 13.1. The predicted molar refractivity (Wildman–Crippen MR) is 152 cm³/mol. The number of urea groups is 1. The summed E-state index contributed by atoms with van der Waals surface area (Å²) in [6.45, 7) is -0.0154. The van der Waals surface area contributed by atoms with Gasteiger partial charge in [0.25, 0.3) is 0 Å². The zero-order valence-electron chi connectivity index (χ0n) is 23.8. The molecule has 6 aliphatic rings. The van der Waals surface area contributed by atoms with E-state index < -0.39 is 12.1 Å². The number of amides is 3. The van der Waals surface area contributed by atoms with Crippen molar-refractivity contribution in [3.05, 3.63) is 24.3 Å². The molecule has 218 valence electrons. The van der Waals surface area contributed by atoms with Crippen LogP contribution >= 0.6 is 0 Å². The number of nitrogens with one attached hydrogen (secondary N) is 2. The Bertz CT molecular complexity index is 1060. The van der Waals surface area contributed by atoms with Gasteiger partial charge in [0, 0.05) is 17.8 Å². The van der Waals surface area contributed by atoms with Crippen LogP contribution in [0.15, 0.2) is 24.3 Å². The molecule has 7 rings (SSSR count). The molecule has 1 aromatic rings. The van der Waals surface area contributed by atoms with Crippen LogP contribution in [0, 0.1) is 29.6 Å². The van der Waals surface area contributed by atoms with Gasteiger partial charge in [0.1, 0.15) is 24.4 Å². The molecule has 6 fully saturated rings. The summed E-state index contributed by atoms with van der Waals surface area (Å²) in [6.07, 6.45) is 14.1. The van der Waals surface area contributed by atoms with E-state index in [0.717, 1.165) is 37.5 Å². The Labute approximate surface area is 237 Å². The third-order valence-electron chi connectivity index (χ3n) is 10.5. The van der Waals surface area contributed by atoms with Gasteiger partial charge in [-0.3, -0.25) is 9.59 Å². The number of methoxy groups -OCH3 is 1. The Morgan fingerprint density at radius 1 is 0.900 bits per heavy atom. The van der Waals surface area contributed by atoms with E-state index in [4.69, 9.17) is 9.47 Å². The quantitative estimate of drug-likeness (QED) is 0.436. The molecular formula is C32H45N3O5. The lowest BCUT2D eigenvalue weighted by atomic mass is 9.55. The Balaban J connectivity index is 1.14. The molecule has 1 saturated heterocycles. The molecule has 1 aliphatic heterocycles. The number of esters is 1. The van der Waals surface area contributed by atoms with Crippen LogP contribution < -0.4 is 15.4 Å². The molecular weight excluding hydrogens is 506 g/mol. The second kappa shape index (κ2) is 12.0. The lowest BCUT2D eigenvalue weighted by Gasteiger charge is -2.53. The SMILES string of the molecule is COc1cccc(NC(=O)NC2CCCC(C3CCCCC3)N(CC(=O)OC3C4CC5CC(C4)CC3C5)C2=O)c1. The number of nitrogens with zero attached hydrogens (tertiary/aromatic N) is 1. The molecule has 0 aromatic heterocycles. The minimum atomic E-state index is -0.673. The van der Waals surface area contributed by atoms with E-state index in [-0.39, 0.29) is 30.6 Å². The molecule has 2 atom stereocenters. The first kappa shape index (κ1) is 27.4. The van der Waals surface area contributed by atoms with Gasteiger partial charge in [0.15, 0.2) is 0 Å². The van der Waals surface area contributed by atoms with Crippen molar-refractivity contribution in [3.8, 4) is 5.75 Å². The first-order chi connectivity index (χ1) is 19.5. The number of rotatable bonds is 7. The largest absolute Gasteiger partial charge is 0.497 e. The van der Waals surface area contributed by atoms with Crippen LogP contribution in [0.1, 0.15) is 83.5 Å². The van der Waals surface area contributed by atoms with Gasteiger partial charge in [-0.1, -0.05) is 25.3 Å². The van der Waals surface area contributed by atoms with Gasteiger partial charge in [-0.25, -0.2) is 4.79 Å². The fourth-order valence-electron chi connectivity index (χ4n) is 8.93. The molecule has 8 heteroatoms. The third kappa shape index (κ3) is 5.96. The maximum Gasteiger partial charge on any atom is 0.325 e. The molecule has 3 amide bonds. The van der Waals surface area contributed by atoms with Crippen molar-refractivity contribution in [2.24, 2.45) is 29.6 Å². The maximum atomic E-state index is 14.0. The van der Waals surface area contributed by atoms with Gasteiger partial charge in [-0.05, 0) is 106 Å². The third-order valence-corrected chi connectivity index (χ3v) is 10.5. The number of hydrogen-bond donors (Lipinski definition) is 2. The summed E-state index contributed by atoms with van der Waals surface area (Å²) in [5, 5.41) is 5.74. The van der Waals surface area contributed by atoms with E-state index in [9.17, 15) is 14.4 Å². The number of hydrogen-bond acceptors (Lipinski definition) is 5. The monoisotopic (exact) mass is 551 g/mol. The number of carbonyl (C=O) groups is 3. The average molecular weight is 552 g/mol. The van der Waals surface area contributed by atoms with Gasteiger partial charge in [0.05, 0.1) is 7.11 Å². The van der Waals surface area contributed by atoms with Gasteiger partial charge in [-0.2, -0.15) is 0 Å². The molecule has 2 unspecified atom stereocenters. The average Bonchev–Trinajstić information content (AvgIpc) is 3.09. The smallest absolute Gasteiger partial charge is 0.325 e. The highest BCUT2D eigenvalue weighted by Crippen LogP contribution is 2.54. The summed E-state index contributed by atoms with van der Waals surface area (Å²) in [5.74, 6) is 3.22. The van der Waals surface area contributed by atoms with Crippen molar-refractivity contribution < 1.29 is 23.9 Å². The number of carbonyl (C=O) groups excluding carboxylic acids is 3. The molecule has 5 saturated carbocycles. The zero-order valence-corrected chi connectivity index (χ0v) is 23.8. The molecule has 5 aliphatic carbocycles. The van der Waals surface area contributed by atoms with Crippen molar-refractivity contribution in [2.75, 3.05) is 19.0 Å². The van der Waals surface area contributed by atoms with Gasteiger partial charge in [-0.15, -0.1) is 0 Å². The number of benzene rings is 1. The summed E-state index contributed by atoms with van der Waals surface area (Å²) in [6, 6.07) is 6.04. The minimum absolute atomic E-state index is 0.0121. The van der Waals surface area contributed by atoms with Crippen molar-refractivity contribution in [1.82, 2.24) is 10.2 Å². The lowest BCUT2D eigenvalue weighted by Crippen LogP contribution is -2.55. The van der Waals surface area contributed by atoms with Crippen LogP contribution in [0.3, 0.4) is 0 Å². The molecule has 8 nitrogen and oxygen atoms in total. The summed E-state index contributed by atoms with van der Waals surface area (Å²) in [4.78, 5) is 42.2. The van der Waals surface area contributed by atoms with E-state index in [0.29, 0.717) is 35.6 Å². The standard InChI is InChI=1S/C32H45N3O5/c1-39-26-10-5-9-25(18-26)33-32(38)34-27-11-6-12-28(22-7-3-2-4-8-22)35(31(27)37)19-29(36)40-30-23-14-20-13-21(16-23)17-24(30)15-20/h5,9-10,18,20-24,27-28,30H,2-4,6-8,11-17,19H2,1H3,(H2,33,34,38). The normalized spacial score (nSPS) is 33.8. The van der Waals surface area contributed by atoms with E-state index in [1.54, 1.807) is 30.2 Å². The Morgan fingerprint density at radius 3 is 2.33 bits per heavy atom.